The molecular formula is C13H16BrNOS. The van der Waals surface area contributed by atoms with E-state index in [4.69, 9.17) is 5.11 Å². The first-order valence-electron chi connectivity index (χ1n) is 5.15. The third-order valence-electron chi connectivity index (χ3n) is 2.12. The second-order valence-electron chi connectivity index (χ2n) is 3.79. The number of thiophene rings is 1. The number of hydrogen-bond acceptors (Lipinski definition) is 3. The van der Waals surface area contributed by atoms with E-state index in [1.807, 2.05) is 13.1 Å². The SMILES string of the molecule is C=C/C(=C\C(=C)O)CN(C)Cc1ccc(Br)s1. The van der Waals surface area contributed by atoms with Crippen molar-refractivity contribution in [1.82, 2.24) is 4.90 Å². The number of aliphatic hydroxyl groups is 1. The summed E-state index contributed by atoms with van der Waals surface area (Å²) in [6.45, 7) is 8.78. The first-order chi connectivity index (χ1) is 8.01. The lowest BCUT2D eigenvalue weighted by molar-refractivity contribution is 0.359. The van der Waals surface area contributed by atoms with Gasteiger partial charge in [-0.25, -0.2) is 0 Å². The van der Waals surface area contributed by atoms with Crippen molar-refractivity contribution in [3.63, 3.8) is 0 Å². The van der Waals surface area contributed by atoms with E-state index in [2.05, 4.69) is 40.1 Å². The molecule has 0 aliphatic rings. The summed E-state index contributed by atoms with van der Waals surface area (Å²) in [6, 6.07) is 4.15. The minimum atomic E-state index is 0.0622. The maximum Gasteiger partial charge on any atom is 0.108 e. The van der Waals surface area contributed by atoms with Gasteiger partial charge in [0.1, 0.15) is 5.76 Å². The molecule has 0 amide bonds. The van der Waals surface area contributed by atoms with Crippen LogP contribution >= 0.6 is 27.3 Å². The van der Waals surface area contributed by atoms with Crippen molar-refractivity contribution in [3.05, 3.63) is 57.4 Å². The first-order valence-corrected chi connectivity index (χ1v) is 6.76. The number of aliphatic hydroxyl groups excluding tert-OH is 1. The third-order valence-corrected chi connectivity index (χ3v) is 3.73. The summed E-state index contributed by atoms with van der Waals surface area (Å²) in [7, 11) is 2.03. The number of rotatable bonds is 6. The summed E-state index contributed by atoms with van der Waals surface area (Å²) >= 11 is 5.17. The van der Waals surface area contributed by atoms with Gasteiger partial charge in [-0.3, -0.25) is 4.90 Å². The van der Waals surface area contributed by atoms with Gasteiger partial charge in [-0.1, -0.05) is 19.2 Å². The molecular weight excluding hydrogens is 298 g/mol. The topological polar surface area (TPSA) is 23.5 Å². The summed E-state index contributed by atoms with van der Waals surface area (Å²) < 4.78 is 1.14. The van der Waals surface area contributed by atoms with Gasteiger partial charge in [0.05, 0.1) is 3.79 Å². The van der Waals surface area contributed by atoms with Gasteiger partial charge >= 0.3 is 0 Å². The average molecular weight is 314 g/mol. The van der Waals surface area contributed by atoms with Crippen molar-refractivity contribution in [1.29, 1.82) is 0 Å². The van der Waals surface area contributed by atoms with Crippen LogP contribution < -0.4 is 0 Å². The fourth-order valence-electron chi connectivity index (χ4n) is 1.45. The highest BCUT2D eigenvalue weighted by atomic mass is 79.9. The van der Waals surface area contributed by atoms with Crippen LogP contribution in [0.1, 0.15) is 4.88 Å². The molecule has 1 rings (SSSR count). The van der Waals surface area contributed by atoms with Crippen LogP contribution in [-0.4, -0.2) is 23.6 Å². The molecule has 1 aromatic rings. The van der Waals surface area contributed by atoms with Crippen molar-refractivity contribution >= 4 is 27.3 Å². The molecule has 0 aromatic carbocycles. The third kappa shape index (κ3) is 5.35. The van der Waals surface area contributed by atoms with E-state index >= 15 is 0 Å². The van der Waals surface area contributed by atoms with Gasteiger partial charge < -0.3 is 5.11 Å². The van der Waals surface area contributed by atoms with Gasteiger partial charge in [0.25, 0.3) is 0 Å². The van der Waals surface area contributed by atoms with Crippen LogP contribution in [0.5, 0.6) is 0 Å². The average Bonchev–Trinajstić information content (AvgIpc) is 2.62. The minimum absolute atomic E-state index is 0.0622. The van der Waals surface area contributed by atoms with Crippen LogP contribution in [0, 0.1) is 0 Å². The molecule has 0 bridgehead atoms. The largest absolute Gasteiger partial charge is 0.509 e. The maximum absolute atomic E-state index is 9.12. The Labute approximate surface area is 115 Å². The molecule has 0 spiro atoms. The number of hydrogen-bond donors (Lipinski definition) is 1. The molecule has 92 valence electrons. The fraction of sp³-hybridized carbons (Fsp3) is 0.231. The normalized spacial score (nSPS) is 11.8. The molecule has 0 aliphatic heterocycles. The second-order valence-corrected chi connectivity index (χ2v) is 6.34. The molecule has 0 unspecified atom stereocenters. The molecule has 0 atom stereocenters. The van der Waals surface area contributed by atoms with Gasteiger partial charge in [-0.15, -0.1) is 11.3 Å². The quantitative estimate of drug-likeness (QED) is 0.630. The van der Waals surface area contributed by atoms with Crippen molar-refractivity contribution in [2.24, 2.45) is 0 Å². The van der Waals surface area contributed by atoms with E-state index in [1.165, 1.54) is 4.88 Å². The zero-order valence-electron chi connectivity index (χ0n) is 9.82. The zero-order chi connectivity index (χ0) is 12.8. The van der Waals surface area contributed by atoms with E-state index in [9.17, 15) is 0 Å². The zero-order valence-corrected chi connectivity index (χ0v) is 12.2. The number of nitrogens with zero attached hydrogens (tertiary/aromatic N) is 1. The Hall–Kier alpha value is -0.840. The molecule has 0 fully saturated rings. The van der Waals surface area contributed by atoms with Crippen molar-refractivity contribution in [2.45, 2.75) is 6.54 Å². The fourth-order valence-corrected chi connectivity index (χ4v) is 3.02. The minimum Gasteiger partial charge on any atom is -0.509 e. The Bertz CT molecular complexity index is 436. The smallest absolute Gasteiger partial charge is 0.108 e. The number of halogens is 1. The van der Waals surface area contributed by atoms with Crippen LogP contribution in [0.25, 0.3) is 0 Å². The Morgan fingerprint density at radius 3 is 2.76 bits per heavy atom. The van der Waals surface area contributed by atoms with Crippen LogP contribution in [0.3, 0.4) is 0 Å². The Kier molecular flexibility index (Phi) is 5.68. The van der Waals surface area contributed by atoms with Gasteiger partial charge in [0.2, 0.25) is 0 Å². The van der Waals surface area contributed by atoms with Crippen LogP contribution in [-0.2, 0) is 6.54 Å². The van der Waals surface area contributed by atoms with Crippen LogP contribution in [0.15, 0.2) is 52.6 Å². The lowest BCUT2D eigenvalue weighted by Crippen LogP contribution is -2.19. The molecule has 1 heterocycles. The molecule has 0 saturated heterocycles. The monoisotopic (exact) mass is 313 g/mol. The van der Waals surface area contributed by atoms with E-state index in [-0.39, 0.29) is 5.76 Å². The van der Waals surface area contributed by atoms with Crippen LogP contribution in [0.4, 0.5) is 0 Å². The van der Waals surface area contributed by atoms with Crippen molar-refractivity contribution in [2.75, 3.05) is 13.6 Å². The molecule has 0 aliphatic carbocycles. The van der Waals surface area contributed by atoms with Crippen molar-refractivity contribution in [3.8, 4) is 0 Å². The van der Waals surface area contributed by atoms with Gasteiger partial charge in [0, 0.05) is 18.0 Å². The highest BCUT2D eigenvalue weighted by Crippen LogP contribution is 2.23. The van der Waals surface area contributed by atoms with Gasteiger partial charge in [0.15, 0.2) is 0 Å². The van der Waals surface area contributed by atoms with Gasteiger partial charge in [-0.05, 0) is 46.8 Å². The highest BCUT2D eigenvalue weighted by molar-refractivity contribution is 9.11. The lowest BCUT2D eigenvalue weighted by atomic mass is 10.2. The summed E-state index contributed by atoms with van der Waals surface area (Å²) in [5.41, 5.74) is 0.954. The summed E-state index contributed by atoms with van der Waals surface area (Å²) in [5.74, 6) is 0.0622. The van der Waals surface area contributed by atoms with Crippen LogP contribution in [0.2, 0.25) is 0 Å². The standard InChI is InChI=1S/C13H16BrNOS/c1-4-11(7-10(2)16)8-15(3)9-12-5-6-13(14)17-12/h4-7,16H,1-2,8-9H2,3H3/b11-7+. The molecule has 4 heteroatoms. The van der Waals surface area contributed by atoms with Crippen molar-refractivity contribution < 1.29 is 5.11 Å². The number of allylic oxidation sites excluding steroid dienone is 1. The van der Waals surface area contributed by atoms with E-state index in [0.717, 1.165) is 22.4 Å². The molecule has 1 aromatic heterocycles. The summed E-state index contributed by atoms with van der Waals surface area (Å²) in [6.07, 6.45) is 3.37. The van der Waals surface area contributed by atoms with E-state index < -0.39 is 0 Å². The van der Waals surface area contributed by atoms with E-state index in [0.29, 0.717) is 0 Å². The molecule has 17 heavy (non-hydrogen) atoms. The molecule has 2 nitrogen and oxygen atoms in total. The molecule has 0 radical (unpaired) electrons. The summed E-state index contributed by atoms with van der Waals surface area (Å²) in [4.78, 5) is 3.46. The Morgan fingerprint density at radius 2 is 2.29 bits per heavy atom. The predicted molar refractivity (Wildman–Crippen MR) is 78.4 cm³/mol. The highest BCUT2D eigenvalue weighted by Gasteiger charge is 2.04. The second kappa shape index (κ2) is 6.79. The lowest BCUT2D eigenvalue weighted by Gasteiger charge is -2.16. The maximum atomic E-state index is 9.12. The van der Waals surface area contributed by atoms with Gasteiger partial charge in [-0.2, -0.15) is 0 Å². The Morgan fingerprint density at radius 1 is 1.59 bits per heavy atom. The Balaban J connectivity index is 2.56. The number of likely N-dealkylation sites (N-methyl/N-ethyl adjacent to an activating group) is 1. The predicted octanol–water partition coefficient (Wildman–Crippen LogP) is 4.13. The first kappa shape index (κ1) is 14.2. The summed E-state index contributed by atoms with van der Waals surface area (Å²) in [5, 5.41) is 9.12. The van der Waals surface area contributed by atoms with E-state index in [1.54, 1.807) is 23.5 Å². The molecule has 1 N–H and O–H groups in total. The molecule has 0 saturated carbocycles.